The summed E-state index contributed by atoms with van der Waals surface area (Å²) < 4.78 is 0. The van der Waals surface area contributed by atoms with Crippen LogP contribution >= 0.6 is 0 Å². The van der Waals surface area contributed by atoms with Gasteiger partial charge < -0.3 is 26.4 Å². The van der Waals surface area contributed by atoms with Crippen LogP contribution in [-0.2, 0) is 0 Å². The molecule has 0 aliphatic carbocycles. The fraction of sp³-hybridized carbons (Fsp3) is 1.00. The van der Waals surface area contributed by atoms with Crippen LogP contribution in [0.4, 0.5) is 0 Å². The summed E-state index contributed by atoms with van der Waals surface area (Å²) in [5.74, 6) is 0. The highest BCUT2D eigenvalue weighted by Crippen LogP contribution is 2.00. The molecular formula is C15H36N4O. The molecule has 0 aromatic heterocycles. The van der Waals surface area contributed by atoms with Crippen LogP contribution in [-0.4, -0.2) is 74.4 Å². The minimum Gasteiger partial charge on any atom is -0.390 e. The molecule has 0 spiro atoms. The minimum atomic E-state index is -0.269. The predicted molar refractivity (Wildman–Crippen MR) is 86.8 cm³/mol. The van der Waals surface area contributed by atoms with Crippen molar-refractivity contribution in [2.45, 2.75) is 44.6 Å². The molecule has 0 amide bonds. The Morgan fingerprint density at radius 2 is 1.15 bits per heavy atom. The van der Waals surface area contributed by atoms with Gasteiger partial charge in [-0.25, -0.2) is 0 Å². The Balaban J connectivity index is 3.56. The zero-order valence-corrected chi connectivity index (χ0v) is 13.6. The number of hydrogen-bond donors (Lipinski definition) is 3. The molecule has 0 bridgehead atoms. The summed E-state index contributed by atoms with van der Waals surface area (Å²) in [5.41, 5.74) is 10.9. The second kappa shape index (κ2) is 13.8. The Bertz CT molecular complexity index is 184. The number of likely N-dealkylation sites (N-methyl/N-ethyl adjacent to an activating group) is 2. The Hall–Kier alpha value is -0.200. The first kappa shape index (κ1) is 19.8. The lowest BCUT2D eigenvalue weighted by Crippen LogP contribution is -2.38. The van der Waals surface area contributed by atoms with Gasteiger partial charge in [-0.1, -0.05) is 12.8 Å². The van der Waals surface area contributed by atoms with Gasteiger partial charge in [0.25, 0.3) is 0 Å². The minimum absolute atomic E-state index is 0.269. The molecule has 5 heteroatoms. The van der Waals surface area contributed by atoms with E-state index in [9.17, 15) is 5.11 Å². The largest absolute Gasteiger partial charge is 0.390 e. The van der Waals surface area contributed by atoms with E-state index in [0.29, 0.717) is 0 Å². The van der Waals surface area contributed by atoms with Crippen molar-refractivity contribution in [3.05, 3.63) is 0 Å². The molecule has 0 rings (SSSR count). The summed E-state index contributed by atoms with van der Waals surface area (Å²) in [6, 6.07) is 0. The quantitative estimate of drug-likeness (QED) is 0.405. The Kier molecular flexibility index (Phi) is 13.6. The normalized spacial score (nSPS) is 12.0. The van der Waals surface area contributed by atoms with Crippen LogP contribution in [0.2, 0.25) is 0 Å². The van der Waals surface area contributed by atoms with Gasteiger partial charge in [0.05, 0.1) is 6.10 Å². The predicted octanol–water partition coefficient (Wildman–Crippen LogP) is 0.469. The van der Waals surface area contributed by atoms with Crippen LogP contribution in [0.25, 0.3) is 0 Å². The molecule has 0 radical (unpaired) electrons. The number of aliphatic hydroxyl groups is 1. The fourth-order valence-corrected chi connectivity index (χ4v) is 2.37. The van der Waals surface area contributed by atoms with E-state index < -0.39 is 0 Å². The van der Waals surface area contributed by atoms with Crippen LogP contribution in [0.1, 0.15) is 38.5 Å². The number of rotatable bonds is 14. The number of aliphatic hydroxyl groups excluding tert-OH is 1. The van der Waals surface area contributed by atoms with Crippen molar-refractivity contribution in [2.75, 3.05) is 53.4 Å². The van der Waals surface area contributed by atoms with E-state index in [-0.39, 0.29) is 6.10 Å². The smallest absolute Gasteiger partial charge is 0.0793 e. The van der Waals surface area contributed by atoms with Crippen molar-refractivity contribution in [2.24, 2.45) is 11.5 Å². The molecule has 122 valence electrons. The maximum Gasteiger partial charge on any atom is 0.0793 e. The lowest BCUT2D eigenvalue weighted by molar-refractivity contribution is 0.0899. The summed E-state index contributed by atoms with van der Waals surface area (Å²) >= 11 is 0. The average molecular weight is 288 g/mol. The summed E-state index contributed by atoms with van der Waals surface area (Å²) in [7, 11) is 4.15. The first-order chi connectivity index (χ1) is 9.60. The molecular weight excluding hydrogens is 252 g/mol. The lowest BCUT2D eigenvalue weighted by Gasteiger charge is -2.24. The van der Waals surface area contributed by atoms with Crippen LogP contribution in [0.5, 0.6) is 0 Å². The summed E-state index contributed by atoms with van der Waals surface area (Å²) in [6.45, 7) is 5.13. The molecule has 0 heterocycles. The van der Waals surface area contributed by atoms with Crippen LogP contribution < -0.4 is 11.5 Å². The van der Waals surface area contributed by atoms with Gasteiger partial charge in [0.15, 0.2) is 0 Å². The van der Waals surface area contributed by atoms with Gasteiger partial charge in [0.1, 0.15) is 0 Å². The lowest BCUT2D eigenvalue weighted by atomic mass is 10.2. The van der Waals surface area contributed by atoms with E-state index in [1.165, 1.54) is 12.8 Å². The molecule has 0 fully saturated rings. The van der Waals surface area contributed by atoms with Gasteiger partial charge in [0.2, 0.25) is 0 Å². The molecule has 0 aliphatic rings. The van der Waals surface area contributed by atoms with Crippen molar-refractivity contribution in [3.8, 4) is 0 Å². The van der Waals surface area contributed by atoms with Gasteiger partial charge >= 0.3 is 0 Å². The molecule has 0 saturated heterocycles. The Morgan fingerprint density at radius 3 is 1.50 bits per heavy atom. The number of unbranched alkanes of at least 4 members (excludes halogenated alkanes) is 4. The molecule has 0 aromatic rings. The summed E-state index contributed by atoms with van der Waals surface area (Å²) in [5, 5.41) is 10.1. The van der Waals surface area contributed by atoms with E-state index in [2.05, 4.69) is 23.9 Å². The average Bonchev–Trinajstić information content (AvgIpc) is 2.39. The van der Waals surface area contributed by atoms with Gasteiger partial charge in [-0.05, 0) is 66.0 Å². The third kappa shape index (κ3) is 12.8. The van der Waals surface area contributed by atoms with Gasteiger partial charge in [-0.15, -0.1) is 0 Å². The number of hydrogen-bond acceptors (Lipinski definition) is 5. The van der Waals surface area contributed by atoms with Gasteiger partial charge in [-0.3, -0.25) is 0 Å². The molecule has 0 unspecified atom stereocenters. The third-order valence-electron chi connectivity index (χ3n) is 3.53. The fourth-order valence-electron chi connectivity index (χ4n) is 2.37. The van der Waals surface area contributed by atoms with E-state index in [1.54, 1.807) is 0 Å². The van der Waals surface area contributed by atoms with Gasteiger partial charge in [-0.2, -0.15) is 0 Å². The monoisotopic (exact) mass is 288 g/mol. The zero-order chi connectivity index (χ0) is 15.2. The van der Waals surface area contributed by atoms with E-state index in [0.717, 1.165) is 65.0 Å². The molecule has 5 nitrogen and oxygen atoms in total. The summed E-state index contributed by atoms with van der Waals surface area (Å²) in [4.78, 5) is 4.42. The first-order valence-electron chi connectivity index (χ1n) is 8.05. The van der Waals surface area contributed by atoms with Crippen molar-refractivity contribution in [1.29, 1.82) is 0 Å². The first-order valence-corrected chi connectivity index (χ1v) is 8.05. The maximum absolute atomic E-state index is 10.1. The molecule has 0 aliphatic heterocycles. The molecule has 0 saturated carbocycles. The highest BCUT2D eigenvalue weighted by atomic mass is 16.3. The second-order valence-corrected chi connectivity index (χ2v) is 5.88. The van der Waals surface area contributed by atoms with E-state index >= 15 is 0 Å². The molecule has 5 N–H and O–H groups in total. The van der Waals surface area contributed by atoms with E-state index in [4.69, 9.17) is 11.5 Å². The third-order valence-corrected chi connectivity index (χ3v) is 3.53. The number of nitrogens with two attached hydrogens (primary N) is 2. The second-order valence-electron chi connectivity index (χ2n) is 5.88. The number of nitrogens with zero attached hydrogens (tertiary/aromatic N) is 2. The molecule has 0 atom stereocenters. The van der Waals surface area contributed by atoms with Crippen molar-refractivity contribution in [3.63, 3.8) is 0 Å². The van der Waals surface area contributed by atoms with E-state index in [1.807, 2.05) is 0 Å². The topological polar surface area (TPSA) is 78.8 Å². The van der Waals surface area contributed by atoms with Crippen molar-refractivity contribution in [1.82, 2.24) is 9.80 Å². The van der Waals surface area contributed by atoms with Crippen molar-refractivity contribution < 1.29 is 5.11 Å². The highest BCUT2D eigenvalue weighted by Gasteiger charge is 2.10. The molecule has 0 aromatic carbocycles. The summed E-state index contributed by atoms with van der Waals surface area (Å²) in [6.07, 6.45) is 6.61. The SMILES string of the molecule is CN(CCCCCN)CC(O)CN(C)CCCCCN. The molecule has 20 heavy (non-hydrogen) atoms. The zero-order valence-electron chi connectivity index (χ0n) is 13.6. The van der Waals surface area contributed by atoms with Crippen LogP contribution in [0, 0.1) is 0 Å². The maximum atomic E-state index is 10.1. The highest BCUT2D eigenvalue weighted by molar-refractivity contribution is 4.66. The van der Waals surface area contributed by atoms with Crippen LogP contribution in [0.3, 0.4) is 0 Å². The standard InChI is InChI=1S/C15H36N4O/c1-18(11-7-3-5-9-16)13-15(20)14-19(2)12-8-4-6-10-17/h15,20H,3-14,16-17H2,1-2H3. The van der Waals surface area contributed by atoms with Crippen LogP contribution in [0.15, 0.2) is 0 Å². The Labute approximate surface area is 125 Å². The Morgan fingerprint density at radius 1 is 0.750 bits per heavy atom. The van der Waals surface area contributed by atoms with Gasteiger partial charge in [0, 0.05) is 13.1 Å². The van der Waals surface area contributed by atoms with Crippen molar-refractivity contribution >= 4 is 0 Å².